The minimum atomic E-state index is -0.850. The number of ether oxygens (including phenoxy) is 1. The molecule has 5 nitrogen and oxygen atoms in total. The number of aliphatic carboxylic acids is 1. The fourth-order valence-corrected chi connectivity index (χ4v) is 2.05. The molecule has 1 aromatic carbocycles. The average molecular weight is 276 g/mol. The van der Waals surface area contributed by atoms with Crippen LogP contribution in [0.25, 0.3) is 0 Å². The van der Waals surface area contributed by atoms with Crippen molar-refractivity contribution in [1.82, 2.24) is 4.90 Å². The fraction of sp³-hybridized carbons (Fsp3) is 0.467. The van der Waals surface area contributed by atoms with E-state index in [-0.39, 0.29) is 6.42 Å². The lowest BCUT2D eigenvalue weighted by atomic mass is 10.1. The van der Waals surface area contributed by atoms with Gasteiger partial charge < -0.3 is 9.84 Å². The highest BCUT2D eigenvalue weighted by molar-refractivity contribution is 5.66. The molecule has 0 aliphatic heterocycles. The molecule has 0 aliphatic rings. The van der Waals surface area contributed by atoms with Crippen LogP contribution in [-0.2, 0) is 4.79 Å². The van der Waals surface area contributed by atoms with Gasteiger partial charge in [-0.2, -0.15) is 5.26 Å². The van der Waals surface area contributed by atoms with E-state index >= 15 is 0 Å². The van der Waals surface area contributed by atoms with Gasteiger partial charge >= 0.3 is 5.97 Å². The highest BCUT2D eigenvalue weighted by Crippen LogP contribution is 2.23. The molecule has 20 heavy (non-hydrogen) atoms. The summed E-state index contributed by atoms with van der Waals surface area (Å²) in [6.45, 7) is 3.07. The van der Waals surface area contributed by atoms with Gasteiger partial charge in [-0.3, -0.25) is 9.69 Å². The lowest BCUT2D eigenvalue weighted by molar-refractivity contribution is -0.137. The van der Waals surface area contributed by atoms with Gasteiger partial charge in [0.2, 0.25) is 0 Å². The summed E-state index contributed by atoms with van der Waals surface area (Å²) in [5.41, 5.74) is 0.854. The van der Waals surface area contributed by atoms with Gasteiger partial charge in [-0.05, 0) is 30.7 Å². The van der Waals surface area contributed by atoms with Crippen molar-refractivity contribution in [2.24, 2.45) is 0 Å². The van der Waals surface area contributed by atoms with Gasteiger partial charge in [-0.25, -0.2) is 0 Å². The van der Waals surface area contributed by atoms with Crippen molar-refractivity contribution in [3.05, 3.63) is 29.8 Å². The molecule has 0 fully saturated rings. The molecular formula is C15H20N2O3. The van der Waals surface area contributed by atoms with E-state index in [1.807, 2.05) is 24.0 Å². The molecule has 1 unspecified atom stereocenters. The summed E-state index contributed by atoms with van der Waals surface area (Å²) in [5, 5.41) is 18.2. The first-order valence-electron chi connectivity index (χ1n) is 6.61. The lowest BCUT2D eigenvalue weighted by Gasteiger charge is -2.26. The first kappa shape index (κ1) is 16.0. The van der Waals surface area contributed by atoms with Crippen molar-refractivity contribution in [1.29, 1.82) is 5.26 Å². The molecular weight excluding hydrogens is 256 g/mol. The Labute approximate surface area is 119 Å². The zero-order valence-corrected chi connectivity index (χ0v) is 11.9. The molecule has 0 aliphatic carbocycles. The lowest BCUT2D eigenvalue weighted by Crippen LogP contribution is -2.31. The molecule has 1 aromatic rings. The maximum absolute atomic E-state index is 10.7. The Morgan fingerprint density at radius 1 is 1.40 bits per heavy atom. The van der Waals surface area contributed by atoms with Crippen molar-refractivity contribution in [3.8, 4) is 11.8 Å². The van der Waals surface area contributed by atoms with Gasteiger partial charge in [-0.15, -0.1) is 0 Å². The smallest absolute Gasteiger partial charge is 0.304 e. The van der Waals surface area contributed by atoms with Crippen molar-refractivity contribution in [3.63, 3.8) is 0 Å². The van der Waals surface area contributed by atoms with Gasteiger partial charge in [0, 0.05) is 6.54 Å². The number of methoxy groups -OCH3 is 1. The molecule has 1 atom stereocenters. The van der Waals surface area contributed by atoms with Gasteiger partial charge in [0.25, 0.3) is 0 Å². The minimum absolute atomic E-state index is 0.0360. The van der Waals surface area contributed by atoms with E-state index in [0.717, 1.165) is 17.7 Å². The quantitative estimate of drug-likeness (QED) is 0.789. The number of carboxylic acid groups (broad SMARTS) is 1. The molecule has 0 saturated heterocycles. The Bertz CT molecular complexity index is 465. The SMILES string of the molecule is CCCN(CCC(=O)O)C(C#N)c1ccc(OC)cc1. The molecule has 0 amide bonds. The van der Waals surface area contributed by atoms with Gasteiger partial charge in [-0.1, -0.05) is 19.1 Å². The summed E-state index contributed by atoms with van der Waals surface area (Å²) in [6.07, 6.45) is 0.905. The van der Waals surface area contributed by atoms with E-state index in [2.05, 4.69) is 6.07 Å². The molecule has 0 bridgehead atoms. The Hall–Kier alpha value is -2.06. The number of carboxylic acids is 1. The van der Waals surface area contributed by atoms with Gasteiger partial charge in [0.15, 0.2) is 0 Å². The topological polar surface area (TPSA) is 73.6 Å². The van der Waals surface area contributed by atoms with Crippen LogP contribution in [-0.4, -0.2) is 36.2 Å². The second kappa shape index (κ2) is 8.18. The van der Waals surface area contributed by atoms with Gasteiger partial charge in [0.05, 0.1) is 19.6 Å². The van der Waals surface area contributed by atoms with Crippen LogP contribution in [0.1, 0.15) is 31.4 Å². The Morgan fingerprint density at radius 3 is 2.50 bits per heavy atom. The molecule has 5 heteroatoms. The van der Waals surface area contributed by atoms with E-state index < -0.39 is 12.0 Å². The highest BCUT2D eigenvalue weighted by atomic mass is 16.5. The van der Waals surface area contributed by atoms with E-state index in [1.54, 1.807) is 19.2 Å². The average Bonchev–Trinajstić information content (AvgIpc) is 2.46. The van der Waals surface area contributed by atoms with Crippen LogP contribution in [0, 0.1) is 11.3 Å². The third kappa shape index (κ3) is 4.56. The maximum Gasteiger partial charge on any atom is 0.304 e. The third-order valence-corrected chi connectivity index (χ3v) is 3.04. The second-order valence-electron chi connectivity index (χ2n) is 4.48. The molecule has 0 spiro atoms. The van der Waals surface area contributed by atoms with Crippen molar-refractivity contribution < 1.29 is 14.6 Å². The third-order valence-electron chi connectivity index (χ3n) is 3.04. The molecule has 0 saturated carbocycles. The van der Waals surface area contributed by atoms with E-state index in [9.17, 15) is 10.1 Å². The molecule has 1 N–H and O–H groups in total. The van der Waals surface area contributed by atoms with Crippen LogP contribution in [0.5, 0.6) is 5.75 Å². The molecule has 0 radical (unpaired) electrons. The number of benzene rings is 1. The van der Waals surface area contributed by atoms with Crippen molar-refractivity contribution in [2.75, 3.05) is 20.2 Å². The Balaban J connectivity index is 2.87. The maximum atomic E-state index is 10.7. The normalized spacial score (nSPS) is 11.9. The summed E-state index contributed by atoms with van der Waals surface area (Å²) in [6, 6.07) is 9.13. The van der Waals surface area contributed by atoms with E-state index in [4.69, 9.17) is 9.84 Å². The summed E-state index contributed by atoms with van der Waals surface area (Å²) >= 11 is 0. The first-order chi connectivity index (χ1) is 9.62. The van der Waals surface area contributed by atoms with Crippen LogP contribution in [0.15, 0.2) is 24.3 Å². The van der Waals surface area contributed by atoms with Gasteiger partial charge in [0.1, 0.15) is 11.8 Å². The predicted octanol–water partition coefficient (Wildman–Crippen LogP) is 2.45. The molecule has 0 heterocycles. The number of hydrogen-bond donors (Lipinski definition) is 1. The number of nitriles is 1. The number of carbonyl (C=O) groups is 1. The number of nitrogens with zero attached hydrogens (tertiary/aromatic N) is 2. The highest BCUT2D eigenvalue weighted by Gasteiger charge is 2.20. The summed E-state index contributed by atoms with van der Waals surface area (Å²) in [4.78, 5) is 12.6. The van der Waals surface area contributed by atoms with Crippen LogP contribution >= 0.6 is 0 Å². The predicted molar refractivity (Wildman–Crippen MR) is 75.5 cm³/mol. The van der Waals surface area contributed by atoms with Crippen LogP contribution in [0.2, 0.25) is 0 Å². The molecule has 0 aromatic heterocycles. The number of rotatable bonds is 8. The van der Waals surface area contributed by atoms with Crippen LogP contribution in [0.3, 0.4) is 0 Å². The zero-order chi connectivity index (χ0) is 15.0. The van der Waals surface area contributed by atoms with Crippen LogP contribution < -0.4 is 4.74 Å². The minimum Gasteiger partial charge on any atom is -0.497 e. The first-order valence-corrected chi connectivity index (χ1v) is 6.61. The Kier molecular flexibility index (Phi) is 6.54. The van der Waals surface area contributed by atoms with E-state index in [1.165, 1.54) is 0 Å². The molecule has 1 rings (SSSR count). The Morgan fingerprint density at radius 2 is 2.05 bits per heavy atom. The number of hydrogen-bond acceptors (Lipinski definition) is 4. The standard InChI is InChI=1S/C15H20N2O3/c1-3-9-17(10-8-15(18)19)14(11-16)12-4-6-13(20-2)7-5-12/h4-7,14H,3,8-10H2,1-2H3,(H,18,19). The van der Waals surface area contributed by atoms with Crippen LogP contribution in [0.4, 0.5) is 0 Å². The largest absolute Gasteiger partial charge is 0.497 e. The van der Waals surface area contributed by atoms with Crippen molar-refractivity contribution >= 4 is 5.97 Å². The summed E-state index contributed by atoms with van der Waals surface area (Å²) < 4.78 is 5.10. The second-order valence-corrected chi connectivity index (χ2v) is 4.48. The summed E-state index contributed by atoms with van der Waals surface area (Å²) in [5.74, 6) is -0.115. The fourth-order valence-electron chi connectivity index (χ4n) is 2.05. The molecule has 108 valence electrons. The zero-order valence-electron chi connectivity index (χ0n) is 11.9. The van der Waals surface area contributed by atoms with Crippen molar-refractivity contribution in [2.45, 2.75) is 25.8 Å². The van der Waals surface area contributed by atoms with E-state index in [0.29, 0.717) is 13.1 Å². The summed E-state index contributed by atoms with van der Waals surface area (Å²) in [7, 11) is 1.59. The monoisotopic (exact) mass is 276 g/mol.